The molecule has 0 saturated carbocycles. The lowest BCUT2D eigenvalue weighted by atomic mass is 9.94. The van der Waals surface area contributed by atoms with E-state index in [4.69, 9.17) is 0 Å². The topological polar surface area (TPSA) is 79.5 Å². The first kappa shape index (κ1) is 22.1. The van der Waals surface area contributed by atoms with E-state index >= 15 is 0 Å². The van der Waals surface area contributed by atoms with Crippen LogP contribution in [-0.2, 0) is 11.0 Å². The molecule has 0 saturated heterocycles. The third kappa shape index (κ3) is 5.11. The number of halogens is 5. The number of anilines is 1. The van der Waals surface area contributed by atoms with Crippen molar-refractivity contribution in [1.82, 2.24) is 10.6 Å². The standard InChI is InChI=1S/C20H16F5N3O3/c1-10-15(17(29)27-12-6-4-5-11(9-12)20(23,24)25)16(28-19(30)26-10)13-7-2-3-8-14(13)31-18(21)22/h2-9,16,18H,1H3,(H,27,29)(H2,26,28,30)/t16-/m0/s1. The third-order valence-corrected chi connectivity index (χ3v) is 4.41. The van der Waals surface area contributed by atoms with E-state index in [-0.39, 0.29) is 28.3 Å². The SMILES string of the molecule is CC1=C(C(=O)Nc2cccc(C(F)(F)F)c2)[C@H](c2ccccc2OC(F)F)NC(=O)N1. The number of carbonyl (C=O) groups is 2. The Morgan fingerprint density at radius 3 is 2.52 bits per heavy atom. The van der Waals surface area contributed by atoms with E-state index in [2.05, 4.69) is 20.7 Å². The zero-order valence-electron chi connectivity index (χ0n) is 15.9. The predicted molar refractivity (Wildman–Crippen MR) is 100 cm³/mol. The van der Waals surface area contributed by atoms with Crippen LogP contribution in [0.15, 0.2) is 59.8 Å². The van der Waals surface area contributed by atoms with Crippen molar-refractivity contribution in [3.05, 3.63) is 70.9 Å². The molecule has 0 fully saturated rings. The zero-order valence-corrected chi connectivity index (χ0v) is 15.9. The van der Waals surface area contributed by atoms with Gasteiger partial charge >= 0.3 is 18.8 Å². The molecule has 31 heavy (non-hydrogen) atoms. The molecular formula is C20H16F5N3O3. The molecule has 0 aromatic heterocycles. The van der Waals surface area contributed by atoms with Gasteiger partial charge in [0.1, 0.15) is 5.75 Å². The fraction of sp³-hybridized carbons (Fsp3) is 0.200. The van der Waals surface area contributed by atoms with E-state index < -0.39 is 36.3 Å². The van der Waals surface area contributed by atoms with Crippen LogP contribution in [0.5, 0.6) is 5.75 Å². The third-order valence-electron chi connectivity index (χ3n) is 4.41. The molecule has 1 atom stereocenters. The lowest BCUT2D eigenvalue weighted by molar-refractivity contribution is -0.137. The van der Waals surface area contributed by atoms with E-state index in [1.165, 1.54) is 37.3 Å². The fourth-order valence-corrected chi connectivity index (χ4v) is 3.12. The summed E-state index contributed by atoms with van der Waals surface area (Å²) in [5, 5.41) is 7.20. The average molecular weight is 441 g/mol. The summed E-state index contributed by atoms with van der Waals surface area (Å²) < 4.78 is 68.9. The Morgan fingerprint density at radius 1 is 1.13 bits per heavy atom. The highest BCUT2D eigenvalue weighted by Crippen LogP contribution is 2.35. The largest absolute Gasteiger partial charge is 0.434 e. The van der Waals surface area contributed by atoms with Crippen molar-refractivity contribution in [2.45, 2.75) is 25.8 Å². The minimum Gasteiger partial charge on any atom is -0.434 e. The first-order chi connectivity index (χ1) is 14.6. The summed E-state index contributed by atoms with van der Waals surface area (Å²) >= 11 is 0. The lowest BCUT2D eigenvalue weighted by Gasteiger charge is -2.29. The Morgan fingerprint density at radius 2 is 1.84 bits per heavy atom. The van der Waals surface area contributed by atoms with E-state index in [1.807, 2.05) is 0 Å². The molecule has 6 nitrogen and oxygen atoms in total. The van der Waals surface area contributed by atoms with Crippen molar-refractivity contribution in [3.8, 4) is 5.75 Å². The monoisotopic (exact) mass is 441 g/mol. The molecule has 1 aliphatic heterocycles. The van der Waals surface area contributed by atoms with Crippen molar-refractivity contribution >= 4 is 17.6 Å². The molecule has 0 aliphatic carbocycles. The summed E-state index contributed by atoms with van der Waals surface area (Å²) in [6.07, 6.45) is -4.61. The molecule has 0 spiro atoms. The molecular weight excluding hydrogens is 425 g/mol. The summed E-state index contributed by atoms with van der Waals surface area (Å²) in [5.74, 6) is -1.09. The van der Waals surface area contributed by atoms with Crippen LogP contribution in [0.3, 0.4) is 0 Å². The smallest absolute Gasteiger partial charge is 0.416 e. The highest BCUT2D eigenvalue weighted by atomic mass is 19.4. The van der Waals surface area contributed by atoms with Crippen molar-refractivity contribution in [2.24, 2.45) is 0 Å². The normalized spacial score (nSPS) is 16.6. The summed E-state index contributed by atoms with van der Waals surface area (Å²) in [7, 11) is 0. The second-order valence-corrected chi connectivity index (χ2v) is 6.52. The average Bonchev–Trinajstić information content (AvgIpc) is 2.66. The Bertz CT molecular complexity index is 1040. The maximum Gasteiger partial charge on any atom is 0.416 e. The van der Waals surface area contributed by atoms with Crippen LogP contribution in [0.2, 0.25) is 0 Å². The van der Waals surface area contributed by atoms with Crippen LogP contribution >= 0.6 is 0 Å². The Kier molecular flexibility index (Phi) is 6.14. The maximum atomic E-state index is 12.9. The second-order valence-electron chi connectivity index (χ2n) is 6.52. The van der Waals surface area contributed by atoms with Gasteiger partial charge < -0.3 is 20.7 Å². The number of para-hydroxylation sites is 1. The minimum absolute atomic E-state index is 0.0752. The zero-order chi connectivity index (χ0) is 22.8. The van der Waals surface area contributed by atoms with Crippen LogP contribution in [-0.4, -0.2) is 18.5 Å². The van der Waals surface area contributed by atoms with Crippen molar-refractivity contribution in [3.63, 3.8) is 0 Å². The fourth-order valence-electron chi connectivity index (χ4n) is 3.12. The maximum absolute atomic E-state index is 12.9. The molecule has 0 radical (unpaired) electrons. The molecule has 0 bridgehead atoms. The van der Waals surface area contributed by atoms with Crippen LogP contribution in [0, 0.1) is 0 Å². The van der Waals surface area contributed by atoms with Crippen molar-refractivity contribution < 1.29 is 36.3 Å². The van der Waals surface area contributed by atoms with Gasteiger partial charge in [-0.1, -0.05) is 24.3 Å². The number of ether oxygens (including phenoxy) is 1. The number of hydrogen-bond donors (Lipinski definition) is 3. The van der Waals surface area contributed by atoms with Gasteiger partial charge in [0, 0.05) is 16.9 Å². The number of rotatable bonds is 5. The first-order valence-electron chi connectivity index (χ1n) is 8.87. The molecule has 164 valence electrons. The van der Waals surface area contributed by atoms with Gasteiger partial charge in [-0.3, -0.25) is 4.79 Å². The van der Waals surface area contributed by atoms with Crippen LogP contribution in [0.4, 0.5) is 32.4 Å². The van der Waals surface area contributed by atoms with Gasteiger partial charge in [0.15, 0.2) is 0 Å². The Hall–Kier alpha value is -3.63. The molecule has 1 aliphatic rings. The lowest BCUT2D eigenvalue weighted by Crippen LogP contribution is -2.46. The van der Waals surface area contributed by atoms with Crippen molar-refractivity contribution in [2.75, 3.05) is 5.32 Å². The molecule has 2 aromatic rings. The van der Waals surface area contributed by atoms with Crippen LogP contribution < -0.4 is 20.7 Å². The van der Waals surface area contributed by atoms with E-state index in [0.29, 0.717) is 0 Å². The molecule has 11 heteroatoms. The van der Waals surface area contributed by atoms with Crippen LogP contribution in [0.25, 0.3) is 0 Å². The quantitative estimate of drug-likeness (QED) is 0.595. The van der Waals surface area contributed by atoms with Gasteiger partial charge in [-0.15, -0.1) is 0 Å². The van der Waals surface area contributed by atoms with Gasteiger partial charge in [0.2, 0.25) is 0 Å². The summed E-state index contributed by atoms with van der Waals surface area (Å²) in [4.78, 5) is 24.9. The minimum atomic E-state index is -4.61. The van der Waals surface area contributed by atoms with Crippen LogP contribution in [0.1, 0.15) is 24.1 Å². The number of benzene rings is 2. The Balaban J connectivity index is 1.97. The first-order valence-corrected chi connectivity index (χ1v) is 8.87. The molecule has 3 N–H and O–H groups in total. The van der Waals surface area contributed by atoms with Gasteiger partial charge in [-0.05, 0) is 31.2 Å². The molecule has 1 heterocycles. The molecule has 2 aromatic carbocycles. The Labute approximate surface area is 173 Å². The summed E-state index contributed by atoms with van der Waals surface area (Å²) in [5.41, 5.74) is -0.996. The molecule has 3 rings (SSSR count). The number of nitrogens with one attached hydrogen (secondary N) is 3. The van der Waals surface area contributed by atoms with Gasteiger partial charge in [-0.2, -0.15) is 22.0 Å². The number of alkyl halides is 5. The van der Waals surface area contributed by atoms with Gasteiger partial charge in [-0.25, -0.2) is 4.79 Å². The van der Waals surface area contributed by atoms with E-state index in [0.717, 1.165) is 18.2 Å². The summed E-state index contributed by atoms with van der Waals surface area (Å²) in [6, 6.07) is 7.69. The number of allylic oxidation sites excluding steroid dienone is 1. The highest BCUT2D eigenvalue weighted by Gasteiger charge is 2.34. The molecule has 3 amide bonds. The van der Waals surface area contributed by atoms with Crippen molar-refractivity contribution in [1.29, 1.82) is 0 Å². The van der Waals surface area contributed by atoms with Gasteiger partial charge in [0.05, 0.1) is 17.2 Å². The number of urea groups is 1. The van der Waals surface area contributed by atoms with E-state index in [9.17, 15) is 31.5 Å². The number of amides is 3. The summed E-state index contributed by atoms with van der Waals surface area (Å²) in [6.45, 7) is -1.74. The molecule has 0 unspecified atom stereocenters. The number of hydrogen-bond acceptors (Lipinski definition) is 3. The number of carbonyl (C=O) groups excluding carboxylic acids is 2. The predicted octanol–water partition coefficient (Wildman–Crippen LogP) is 4.57. The second kappa shape index (κ2) is 8.62. The van der Waals surface area contributed by atoms with E-state index in [1.54, 1.807) is 0 Å². The highest BCUT2D eigenvalue weighted by molar-refractivity contribution is 6.06. The van der Waals surface area contributed by atoms with Gasteiger partial charge in [0.25, 0.3) is 5.91 Å².